The molecule has 0 spiro atoms. The monoisotopic (exact) mass is 246 g/mol. The van der Waals surface area contributed by atoms with Gasteiger partial charge < -0.3 is 15.5 Å². The zero-order chi connectivity index (χ0) is 13.1. The molecule has 1 aromatic rings. The minimum Gasteiger partial charge on any atom is -0.384 e. The van der Waals surface area contributed by atoms with Gasteiger partial charge in [0, 0.05) is 37.4 Å². The predicted molar refractivity (Wildman–Crippen MR) is 76.5 cm³/mol. The van der Waals surface area contributed by atoms with Gasteiger partial charge in [0.1, 0.15) is 5.84 Å². The zero-order valence-electron chi connectivity index (χ0n) is 11.2. The van der Waals surface area contributed by atoms with Crippen LogP contribution in [0.15, 0.2) is 18.2 Å². The highest BCUT2D eigenvalue weighted by Crippen LogP contribution is 2.22. The number of hydrogen-bond donors (Lipinski definition) is 2. The average molecular weight is 246 g/mol. The van der Waals surface area contributed by atoms with Crippen LogP contribution in [0.4, 0.5) is 5.69 Å². The first-order chi connectivity index (χ1) is 8.61. The standard InChI is InChI=1S/C14H22N4/c1-3-17-6-8-18(9-7-17)13-5-4-11(2)10-12(13)14(15)16/h4-5,10H,3,6-9H2,1-2H3,(H3,15,16). The largest absolute Gasteiger partial charge is 0.384 e. The highest BCUT2D eigenvalue weighted by Gasteiger charge is 2.18. The number of nitrogens with zero attached hydrogens (tertiary/aromatic N) is 2. The van der Waals surface area contributed by atoms with Crippen LogP contribution in [0.2, 0.25) is 0 Å². The molecule has 4 nitrogen and oxygen atoms in total. The van der Waals surface area contributed by atoms with Crippen molar-refractivity contribution in [2.75, 3.05) is 37.6 Å². The van der Waals surface area contributed by atoms with Crippen molar-refractivity contribution >= 4 is 11.5 Å². The summed E-state index contributed by atoms with van der Waals surface area (Å²) in [5.41, 5.74) is 8.80. The minimum atomic E-state index is 0.159. The molecule has 0 aliphatic carbocycles. The first-order valence-corrected chi connectivity index (χ1v) is 6.54. The topological polar surface area (TPSA) is 56.4 Å². The van der Waals surface area contributed by atoms with Gasteiger partial charge in [-0.15, -0.1) is 0 Å². The molecule has 0 unspecified atom stereocenters. The van der Waals surface area contributed by atoms with Crippen molar-refractivity contribution in [1.82, 2.24) is 4.90 Å². The molecule has 1 fully saturated rings. The van der Waals surface area contributed by atoms with Gasteiger partial charge >= 0.3 is 0 Å². The molecule has 1 saturated heterocycles. The predicted octanol–water partition coefficient (Wildman–Crippen LogP) is 1.42. The number of anilines is 1. The van der Waals surface area contributed by atoms with Crippen LogP contribution in [-0.4, -0.2) is 43.5 Å². The van der Waals surface area contributed by atoms with Crippen molar-refractivity contribution in [2.24, 2.45) is 5.73 Å². The number of likely N-dealkylation sites (N-methyl/N-ethyl adjacent to an activating group) is 1. The summed E-state index contributed by atoms with van der Waals surface area (Å²) in [6.45, 7) is 9.53. The van der Waals surface area contributed by atoms with Gasteiger partial charge in [0.25, 0.3) is 0 Å². The van der Waals surface area contributed by atoms with Crippen LogP contribution in [0, 0.1) is 12.3 Å². The van der Waals surface area contributed by atoms with Gasteiger partial charge in [-0.2, -0.15) is 0 Å². The van der Waals surface area contributed by atoms with Crippen molar-refractivity contribution in [1.29, 1.82) is 5.41 Å². The Kier molecular flexibility index (Phi) is 3.87. The van der Waals surface area contributed by atoms with E-state index in [-0.39, 0.29) is 5.84 Å². The summed E-state index contributed by atoms with van der Waals surface area (Å²) in [7, 11) is 0. The Balaban J connectivity index is 2.21. The molecule has 1 aliphatic rings. The minimum absolute atomic E-state index is 0.159. The maximum absolute atomic E-state index is 7.71. The number of hydrogen-bond acceptors (Lipinski definition) is 3. The number of rotatable bonds is 3. The molecule has 0 radical (unpaired) electrons. The van der Waals surface area contributed by atoms with Crippen LogP contribution in [0.25, 0.3) is 0 Å². The fourth-order valence-corrected chi connectivity index (χ4v) is 2.45. The Morgan fingerprint density at radius 3 is 2.50 bits per heavy atom. The van der Waals surface area contributed by atoms with Crippen LogP contribution in [0.3, 0.4) is 0 Å². The lowest BCUT2D eigenvalue weighted by Crippen LogP contribution is -2.46. The SMILES string of the molecule is CCN1CCN(c2ccc(C)cc2C(=N)N)CC1. The summed E-state index contributed by atoms with van der Waals surface area (Å²) in [6.07, 6.45) is 0. The summed E-state index contributed by atoms with van der Waals surface area (Å²) in [6, 6.07) is 6.19. The molecule has 0 aromatic heterocycles. The third kappa shape index (κ3) is 2.64. The van der Waals surface area contributed by atoms with Gasteiger partial charge in [-0.25, -0.2) is 0 Å². The fourth-order valence-electron chi connectivity index (χ4n) is 2.45. The molecule has 0 atom stereocenters. The van der Waals surface area contributed by atoms with Gasteiger partial charge in [0.05, 0.1) is 0 Å². The fraction of sp³-hybridized carbons (Fsp3) is 0.500. The van der Waals surface area contributed by atoms with E-state index in [1.807, 2.05) is 13.0 Å². The lowest BCUT2D eigenvalue weighted by Gasteiger charge is -2.36. The Bertz CT molecular complexity index is 433. The maximum atomic E-state index is 7.71. The van der Waals surface area contributed by atoms with Crippen LogP contribution in [0.5, 0.6) is 0 Å². The summed E-state index contributed by atoms with van der Waals surface area (Å²) in [5, 5.41) is 7.71. The molecule has 98 valence electrons. The molecule has 1 aliphatic heterocycles. The van der Waals surface area contributed by atoms with Crippen LogP contribution < -0.4 is 10.6 Å². The second-order valence-electron chi connectivity index (χ2n) is 4.86. The molecule has 0 amide bonds. The van der Waals surface area contributed by atoms with Gasteiger partial charge in [-0.05, 0) is 25.6 Å². The Morgan fingerprint density at radius 2 is 1.94 bits per heavy atom. The normalized spacial score (nSPS) is 16.9. The molecule has 4 heteroatoms. The third-order valence-corrected chi connectivity index (χ3v) is 3.60. The molecular formula is C14H22N4. The van der Waals surface area contributed by atoms with E-state index < -0.39 is 0 Å². The van der Waals surface area contributed by atoms with Crippen molar-refractivity contribution in [3.63, 3.8) is 0 Å². The number of aryl methyl sites for hydroxylation is 1. The average Bonchev–Trinajstić information content (AvgIpc) is 2.39. The van der Waals surface area contributed by atoms with Crippen molar-refractivity contribution < 1.29 is 0 Å². The van der Waals surface area contributed by atoms with E-state index in [2.05, 4.69) is 28.9 Å². The highest BCUT2D eigenvalue weighted by atomic mass is 15.3. The van der Waals surface area contributed by atoms with E-state index >= 15 is 0 Å². The van der Waals surface area contributed by atoms with Gasteiger partial charge in [-0.1, -0.05) is 18.6 Å². The molecule has 1 heterocycles. The van der Waals surface area contributed by atoms with E-state index in [1.165, 1.54) is 0 Å². The van der Waals surface area contributed by atoms with E-state index in [9.17, 15) is 0 Å². The number of benzene rings is 1. The smallest absolute Gasteiger partial charge is 0.124 e. The number of amidine groups is 1. The van der Waals surface area contributed by atoms with Crippen molar-refractivity contribution in [3.8, 4) is 0 Å². The van der Waals surface area contributed by atoms with Crippen LogP contribution in [-0.2, 0) is 0 Å². The maximum Gasteiger partial charge on any atom is 0.124 e. The van der Waals surface area contributed by atoms with Crippen molar-refractivity contribution in [2.45, 2.75) is 13.8 Å². The Labute approximate surface area is 109 Å². The summed E-state index contributed by atoms with van der Waals surface area (Å²) in [4.78, 5) is 4.78. The number of nitrogens with one attached hydrogen (secondary N) is 1. The van der Waals surface area contributed by atoms with E-state index in [1.54, 1.807) is 0 Å². The molecule has 1 aromatic carbocycles. The van der Waals surface area contributed by atoms with E-state index in [0.29, 0.717) is 0 Å². The third-order valence-electron chi connectivity index (χ3n) is 3.60. The van der Waals surface area contributed by atoms with Gasteiger partial charge in [-0.3, -0.25) is 5.41 Å². The molecule has 0 bridgehead atoms. The lowest BCUT2D eigenvalue weighted by molar-refractivity contribution is 0.271. The van der Waals surface area contributed by atoms with Crippen LogP contribution >= 0.6 is 0 Å². The van der Waals surface area contributed by atoms with E-state index in [4.69, 9.17) is 11.1 Å². The highest BCUT2D eigenvalue weighted by molar-refractivity contribution is 6.00. The van der Waals surface area contributed by atoms with Crippen molar-refractivity contribution in [3.05, 3.63) is 29.3 Å². The Morgan fingerprint density at radius 1 is 1.28 bits per heavy atom. The first-order valence-electron chi connectivity index (χ1n) is 6.54. The summed E-state index contributed by atoms with van der Waals surface area (Å²) < 4.78 is 0. The second-order valence-corrected chi connectivity index (χ2v) is 4.86. The second kappa shape index (κ2) is 5.40. The molecule has 2 rings (SSSR count). The van der Waals surface area contributed by atoms with Gasteiger partial charge in [0.15, 0.2) is 0 Å². The van der Waals surface area contributed by atoms with E-state index in [0.717, 1.165) is 49.5 Å². The lowest BCUT2D eigenvalue weighted by atomic mass is 10.1. The first kappa shape index (κ1) is 12.9. The molecule has 18 heavy (non-hydrogen) atoms. The molecular weight excluding hydrogens is 224 g/mol. The number of nitrogen functional groups attached to an aromatic ring is 1. The quantitative estimate of drug-likeness (QED) is 0.626. The molecule has 0 saturated carbocycles. The molecule has 3 N–H and O–H groups in total. The zero-order valence-corrected chi connectivity index (χ0v) is 11.2. The Hall–Kier alpha value is -1.55. The number of piperazine rings is 1. The van der Waals surface area contributed by atoms with Crippen LogP contribution in [0.1, 0.15) is 18.1 Å². The summed E-state index contributed by atoms with van der Waals surface area (Å²) >= 11 is 0. The summed E-state index contributed by atoms with van der Waals surface area (Å²) in [5.74, 6) is 0.159. The number of nitrogens with two attached hydrogens (primary N) is 1. The van der Waals surface area contributed by atoms with Gasteiger partial charge in [0.2, 0.25) is 0 Å².